The van der Waals surface area contributed by atoms with E-state index in [1.807, 2.05) is 48.5 Å². The van der Waals surface area contributed by atoms with Gasteiger partial charge in [-0.05, 0) is 119 Å². The molecular weight excluding hydrogens is 947 g/mol. The second-order valence-electron chi connectivity index (χ2n) is 16.8. The molecule has 72 heavy (non-hydrogen) atoms. The third-order valence-corrected chi connectivity index (χ3v) is 11.5. The van der Waals surface area contributed by atoms with Crippen molar-refractivity contribution in [2.45, 2.75) is 37.0 Å². The molecule has 0 atom stereocenters. The molecule has 8 aromatic rings. The Morgan fingerprint density at radius 1 is 0.306 bits per heavy atom. The molecule has 0 fully saturated rings. The molecule has 0 heterocycles. The average molecular weight is 993 g/mol. The van der Waals surface area contributed by atoms with E-state index in [9.17, 15) is 46.8 Å². The summed E-state index contributed by atoms with van der Waals surface area (Å²) in [6.45, 7) is 4.31. The van der Waals surface area contributed by atoms with Gasteiger partial charge in [-0.15, -0.1) is 0 Å². The van der Waals surface area contributed by atoms with Gasteiger partial charge in [0.2, 0.25) is 5.41 Å². The highest BCUT2D eigenvalue weighted by atomic mass is 19.4. The third kappa shape index (κ3) is 11.0. The van der Waals surface area contributed by atoms with Gasteiger partial charge in [0.15, 0.2) is 0 Å². The van der Waals surface area contributed by atoms with Crippen LogP contribution in [-0.2, 0) is 10.8 Å². The molecule has 0 saturated carbocycles. The largest absolute Gasteiger partial charge is 0.506 e. The summed E-state index contributed by atoms with van der Waals surface area (Å²) in [5.41, 5.74) is 18.6. The molecule has 0 saturated heterocycles. The summed E-state index contributed by atoms with van der Waals surface area (Å²) in [7, 11) is 0. The summed E-state index contributed by atoms with van der Waals surface area (Å²) in [5, 5.41) is 38.5. The minimum absolute atomic E-state index is 0.0306. The van der Waals surface area contributed by atoms with Gasteiger partial charge < -0.3 is 62.3 Å². The van der Waals surface area contributed by atoms with Gasteiger partial charge in [0, 0.05) is 29.7 Å². The highest BCUT2D eigenvalue weighted by Gasteiger charge is 2.72. The van der Waals surface area contributed by atoms with E-state index in [2.05, 4.69) is 13.8 Å². The summed E-state index contributed by atoms with van der Waals surface area (Å²) in [4.78, 5) is 0. The van der Waals surface area contributed by atoms with E-state index in [1.165, 1.54) is 36.4 Å². The Balaban J connectivity index is 0.000000214. The first-order chi connectivity index (χ1) is 33.9. The number of phenols is 4. The molecule has 18 heteroatoms. The molecule has 0 aliphatic rings. The highest BCUT2D eigenvalue weighted by molar-refractivity contribution is 5.59. The second-order valence-corrected chi connectivity index (χ2v) is 16.8. The molecule has 0 aliphatic heterocycles. The summed E-state index contributed by atoms with van der Waals surface area (Å²) >= 11 is 0. The van der Waals surface area contributed by atoms with Crippen LogP contribution in [0.25, 0.3) is 0 Å². The normalized spacial score (nSPS) is 11.8. The maximum Gasteiger partial charge on any atom is 0.411 e. The van der Waals surface area contributed by atoms with Gasteiger partial charge in [0.05, 0.1) is 22.7 Å². The smallest absolute Gasteiger partial charge is 0.411 e. The number of nitrogen functional groups attached to an aromatic ring is 4. The summed E-state index contributed by atoms with van der Waals surface area (Å²) in [6, 6.07) is 39.5. The van der Waals surface area contributed by atoms with Gasteiger partial charge in [-0.2, -0.15) is 26.3 Å². The van der Waals surface area contributed by atoms with E-state index in [0.717, 1.165) is 47.5 Å². The lowest BCUT2D eigenvalue weighted by Crippen LogP contribution is -2.54. The molecule has 372 valence electrons. The minimum Gasteiger partial charge on any atom is -0.506 e. The number of phenolic OH excluding ortho intramolecular Hbond substituents is 4. The van der Waals surface area contributed by atoms with Crippen molar-refractivity contribution in [1.29, 1.82) is 0 Å². The molecule has 8 aromatic carbocycles. The minimum atomic E-state index is -5.79. The fourth-order valence-electron chi connectivity index (χ4n) is 7.48. The second kappa shape index (κ2) is 20.1. The van der Waals surface area contributed by atoms with Crippen LogP contribution >= 0.6 is 0 Å². The van der Waals surface area contributed by atoms with Gasteiger partial charge >= 0.3 is 12.4 Å². The number of rotatable bonds is 12. The zero-order chi connectivity index (χ0) is 52.2. The number of hydrogen-bond acceptors (Lipinski definition) is 12. The van der Waals surface area contributed by atoms with Crippen LogP contribution in [0.1, 0.15) is 36.1 Å². The number of aromatic hydroxyl groups is 4. The third-order valence-electron chi connectivity index (χ3n) is 11.5. The van der Waals surface area contributed by atoms with Crippen molar-refractivity contribution < 1.29 is 65.7 Å². The quantitative estimate of drug-likeness (QED) is 0.0325. The number of ether oxygens (including phenoxy) is 4. The molecule has 0 radical (unpaired) electrons. The van der Waals surface area contributed by atoms with E-state index in [1.54, 1.807) is 24.3 Å². The van der Waals surface area contributed by atoms with Crippen LogP contribution in [0, 0.1) is 0 Å². The van der Waals surface area contributed by atoms with E-state index < -0.39 is 28.9 Å². The Bertz CT molecular complexity index is 2960. The summed E-state index contributed by atoms with van der Waals surface area (Å²) < 4.78 is 109. The maximum atomic E-state index is 14.4. The summed E-state index contributed by atoms with van der Waals surface area (Å²) in [5.74, 6) is 1.91. The van der Waals surface area contributed by atoms with Gasteiger partial charge in [-0.25, -0.2) is 0 Å². The molecule has 0 aliphatic carbocycles. The van der Waals surface area contributed by atoms with Crippen LogP contribution in [0.15, 0.2) is 170 Å². The lowest BCUT2D eigenvalue weighted by atomic mass is 9.73. The van der Waals surface area contributed by atoms with Crippen LogP contribution in [0.2, 0.25) is 0 Å². The standard InChI is InChI=1S/C27H20F6N2O4.C27H26N2O4/c28-26(29,30)25(27(31,32)33,15-1-5-17(6-2-15)38-19-9-11-21(34)23(36)13-19)16-3-7-18(8-4-16)39-20-10-12-22(35)24(37)14-20;1-27(2,17-3-7-19(8-4-17)32-21-11-13-25(30)23(28)15-21)18-5-9-20(10-6-18)33-22-12-14-26(31)24(29)16-22/h1-14,36-37H,34-35H2;3-16,30-31H,28-29H2,1-2H3. The van der Waals surface area contributed by atoms with E-state index in [4.69, 9.17) is 41.9 Å². The number of alkyl halides is 6. The Labute approximate surface area is 408 Å². The molecule has 0 bridgehead atoms. The molecule has 0 unspecified atom stereocenters. The average Bonchev–Trinajstić information content (AvgIpc) is 3.32. The zero-order valence-corrected chi connectivity index (χ0v) is 38.2. The molecule has 0 spiro atoms. The molecule has 0 amide bonds. The molecular formula is C54H46F6N4O8. The number of anilines is 4. The molecule has 0 aromatic heterocycles. The number of hydrogen-bond donors (Lipinski definition) is 8. The molecule has 12 N–H and O–H groups in total. The zero-order valence-electron chi connectivity index (χ0n) is 38.2. The number of nitrogens with two attached hydrogens (primary N) is 4. The Morgan fingerprint density at radius 2 is 0.556 bits per heavy atom. The number of benzene rings is 8. The fourth-order valence-corrected chi connectivity index (χ4v) is 7.48. The fraction of sp³-hybridized carbons (Fsp3) is 0.111. The van der Waals surface area contributed by atoms with E-state index in [-0.39, 0.29) is 74.2 Å². The SMILES string of the molecule is CC(C)(c1ccc(Oc2ccc(O)c(N)c2)cc1)c1ccc(Oc2ccc(O)c(N)c2)cc1.Nc1ccc(Oc2ccc(C(c3ccc(Oc4ccc(N)c(O)c4)cc3)(C(F)(F)F)C(F)(F)F)cc2)cc1O. The number of halogens is 6. The predicted octanol–water partition coefficient (Wildman–Crippen LogP) is 13.4. The predicted molar refractivity (Wildman–Crippen MR) is 261 cm³/mol. The molecule has 8 rings (SSSR count). The first-order valence-corrected chi connectivity index (χ1v) is 21.6. The van der Waals surface area contributed by atoms with Crippen LogP contribution in [0.3, 0.4) is 0 Å². The van der Waals surface area contributed by atoms with E-state index in [0.29, 0.717) is 47.3 Å². The van der Waals surface area contributed by atoms with Gasteiger partial charge in [0.1, 0.15) is 69.0 Å². The monoisotopic (exact) mass is 992 g/mol. The van der Waals surface area contributed by atoms with Gasteiger partial charge in [-0.1, -0.05) is 62.4 Å². The Kier molecular flexibility index (Phi) is 14.2. The Hall–Kier alpha value is -9.06. The van der Waals surface area contributed by atoms with Crippen molar-refractivity contribution in [1.82, 2.24) is 0 Å². The molecule has 12 nitrogen and oxygen atoms in total. The highest BCUT2D eigenvalue weighted by Crippen LogP contribution is 2.56. The van der Waals surface area contributed by atoms with E-state index >= 15 is 0 Å². The van der Waals surface area contributed by atoms with Crippen molar-refractivity contribution in [3.05, 3.63) is 192 Å². The Morgan fingerprint density at radius 3 is 0.819 bits per heavy atom. The van der Waals surface area contributed by atoms with Gasteiger partial charge in [0.25, 0.3) is 0 Å². The van der Waals surface area contributed by atoms with Crippen molar-refractivity contribution in [3.63, 3.8) is 0 Å². The van der Waals surface area contributed by atoms with Crippen LogP contribution < -0.4 is 41.9 Å². The van der Waals surface area contributed by atoms with Gasteiger partial charge in [-0.3, -0.25) is 0 Å². The maximum absolute atomic E-state index is 14.4. The van der Waals surface area contributed by atoms with Crippen molar-refractivity contribution in [2.75, 3.05) is 22.9 Å². The first-order valence-electron chi connectivity index (χ1n) is 21.6. The van der Waals surface area contributed by atoms with Crippen LogP contribution in [0.5, 0.6) is 69.0 Å². The van der Waals surface area contributed by atoms with Crippen molar-refractivity contribution in [2.24, 2.45) is 0 Å². The van der Waals surface area contributed by atoms with Crippen molar-refractivity contribution in [3.8, 4) is 69.0 Å². The lowest BCUT2D eigenvalue weighted by molar-refractivity contribution is -0.288. The summed E-state index contributed by atoms with van der Waals surface area (Å²) in [6.07, 6.45) is -11.6. The topological polar surface area (TPSA) is 222 Å². The lowest BCUT2D eigenvalue weighted by Gasteiger charge is -2.38. The first kappa shape index (κ1) is 50.8. The van der Waals surface area contributed by atoms with Crippen LogP contribution in [-0.4, -0.2) is 32.8 Å². The van der Waals surface area contributed by atoms with Crippen molar-refractivity contribution >= 4 is 22.7 Å². The van der Waals surface area contributed by atoms with Crippen LogP contribution in [0.4, 0.5) is 49.1 Å².